The van der Waals surface area contributed by atoms with Gasteiger partial charge in [0, 0.05) is 11.6 Å². The summed E-state index contributed by atoms with van der Waals surface area (Å²) in [7, 11) is 0. The van der Waals surface area contributed by atoms with Crippen molar-refractivity contribution in [1.29, 1.82) is 0 Å². The standard InChI is InChI=1S/C17H27NO/c1-4-19-16-8-6-5-7-15(16)17(18)14-10-12(2)9-13(3)11-14/h5-8,12-14,17H,4,9-11,18H2,1-3H3. The number of hydrogen-bond donors (Lipinski definition) is 1. The normalized spacial score (nSPS) is 28.9. The van der Waals surface area contributed by atoms with Gasteiger partial charge in [-0.2, -0.15) is 0 Å². The summed E-state index contributed by atoms with van der Waals surface area (Å²) in [5, 5.41) is 0. The molecule has 2 N–H and O–H groups in total. The van der Waals surface area contributed by atoms with Crippen LogP contribution in [0.15, 0.2) is 24.3 Å². The zero-order chi connectivity index (χ0) is 13.8. The maximum Gasteiger partial charge on any atom is 0.124 e. The first-order valence-corrected chi connectivity index (χ1v) is 7.59. The Labute approximate surface area is 117 Å². The first-order chi connectivity index (χ1) is 9.11. The summed E-state index contributed by atoms with van der Waals surface area (Å²) in [6.07, 6.45) is 3.83. The number of benzene rings is 1. The van der Waals surface area contributed by atoms with Crippen molar-refractivity contribution in [2.24, 2.45) is 23.5 Å². The summed E-state index contributed by atoms with van der Waals surface area (Å²) in [6, 6.07) is 8.35. The van der Waals surface area contributed by atoms with E-state index in [-0.39, 0.29) is 6.04 Å². The van der Waals surface area contributed by atoms with Gasteiger partial charge in [-0.3, -0.25) is 0 Å². The van der Waals surface area contributed by atoms with Crippen LogP contribution in [0.2, 0.25) is 0 Å². The second-order valence-corrected chi connectivity index (χ2v) is 6.17. The monoisotopic (exact) mass is 261 g/mol. The summed E-state index contributed by atoms with van der Waals surface area (Å²) in [5.74, 6) is 3.13. The first kappa shape index (κ1) is 14.4. The lowest BCUT2D eigenvalue weighted by atomic mass is 9.72. The van der Waals surface area contributed by atoms with Gasteiger partial charge >= 0.3 is 0 Å². The van der Waals surface area contributed by atoms with Gasteiger partial charge in [-0.1, -0.05) is 32.0 Å². The third kappa shape index (κ3) is 3.50. The van der Waals surface area contributed by atoms with E-state index in [2.05, 4.69) is 26.0 Å². The van der Waals surface area contributed by atoms with Gasteiger partial charge in [0.15, 0.2) is 0 Å². The number of para-hydroxylation sites is 1. The molecule has 0 saturated heterocycles. The Hall–Kier alpha value is -1.02. The summed E-state index contributed by atoms with van der Waals surface area (Å²) < 4.78 is 5.72. The second kappa shape index (κ2) is 6.42. The highest BCUT2D eigenvalue weighted by Crippen LogP contribution is 2.40. The van der Waals surface area contributed by atoms with Crippen molar-refractivity contribution >= 4 is 0 Å². The van der Waals surface area contributed by atoms with E-state index in [0.29, 0.717) is 12.5 Å². The molecule has 1 fully saturated rings. The van der Waals surface area contributed by atoms with E-state index in [0.717, 1.165) is 17.6 Å². The average Bonchev–Trinajstić information content (AvgIpc) is 2.38. The summed E-state index contributed by atoms with van der Waals surface area (Å²) >= 11 is 0. The van der Waals surface area contributed by atoms with Gasteiger partial charge in [0.1, 0.15) is 5.75 Å². The summed E-state index contributed by atoms with van der Waals surface area (Å²) in [4.78, 5) is 0. The minimum Gasteiger partial charge on any atom is -0.494 e. The van der Waals surface area contributed by atoms with E-state index in [1.54, 1.807) is 0 Å². The Bertz CT molecular complexity index is 394. The van der Waals surface area contributed by atoms with Crippen molar-refractivity contribution in [2.45, 2.75) is 46.1 Å². The van der Waals surface area contributed by atoms with Crippen LogP contribution in [0, 0.1) is 17.8 Å². The molecule has 0 spiro atoms. The van der Waals surface area contributed by atoms with E-state index in [4.69, 9.17) is 10.5 Å². The van der Waals surface area contributed by atoms with Gasteiger partial charge in [-0.15, -0.1) is 0 Å². The third-order valence-electron chi connectivity index (χ3n) is 4.30. The highest BCUT2D eigenvalue weighted by Gasteiger charge is 2.30. The van der Waals surface area contributed by atoms with Crippen LogP contribution in [0.1, 0.15) is 51.6 Å². The fraction of sp³-hybridized carbons (Fsp3) is 0.647. The van der Waals surface area contributed by atoms with Gasteiger partial charge in [-0.05, 0) is 50.0 Å². The first-order valence-electron chi connectivity index (χ1n) is 7.59. The highest BCUT2D eigenvalue weighted by atomic mass is 16.5. The molecule has 1 aliphatic carbocycles. The molecule has 1 aromatic carbocycles. The molecule has 3 unspecified atom stereocenters. The van der Waals surface area contributed by atoms with Crippen LogP contribution in [0.4, 0.5) is 0 Å². The van der Waals surface area contributed by atoms with Crippen molar-refractivity contribution in [3.8, 4) is 5.75 Å². The maximum atomic E-state index is 6.55. The van der Waals surface area contributed by atoms with Crippen molar-refractivity contribution in [1.82, 2.24) is 0 Å². The zero-order valence-corrected chi connectivity index (χ0v) is 12.4. The molecular weight excluding hydrogens is 234 g/mol. The molecule has 0 aliphatic heterocycles. The third-order valence-corrected chi connectivity index (χ3v) is 4.30. The number of rotatable bonds is 4. The molecule has 2 heteroatoms. The molecule has 0 bridgehead atoms. The lowest BCUT2D eigenvalue weighted by Crippen LogP contribution is -2.29. The van der Waals surface area contributed by atoms with E-state index >= 15 is 0 Å². The van der Waals surface area contributed by atoms with Crippen molar-refractivity contribution in [3.63, 3.8) is 0 Å². The molecule has 0 radical (unpaired) electrons. The van der Waals surface area contributed by atoms with Crippen LogP contribution in [-0.2, 0) is 0 Å². The largest absolute Gasteiger partial charge is 0.494 e. The van der Waals surface area contributed by atoms with Gasteiger partial charge in [0.25, 0.3) is 0 Å². The average molecular weight is 261 g/mol. The molecule has 0 aromatic heterocycles. The Morgan fingerprint density at radius 1 is 1.16 bits per heavy atom. The van der Waals surface area contributed by atoms with Gasteiger partial charge in [0.05, 0.1) is 6.61 Å². The Morgan fingerprint density at radius 3 is 2.42 bits per heavy atom. The number of hydrogen-bond acceptors (Lipinski definition) is 2. The van der Waals surface area contributed by atoms with Gasteiger partial charge < -0.3 is 10.5 Å². The highest BCUT2D eigenvalue weighted by molar-refractivity contribution is 5.36. The number of nitrogens with two attached hydrogens (primary N) is 1. The molecule has 0 heterocycles. The lowest BCUT2D eigenvalue weighted by molar-refractivity contribution is 0.191. The molecule has 3 atom stereocenters. The number of ether oxygens (including phenoxy) is 1. The smallest absolute Gasteiger partial charge is 0.124 e. The van der Waals surface area contributed by atoms with Crippen LogP contribution in [0.5, 0.6) is 5.75 Å². The van der Waals surface area contributed by atoms with Gasteiger partial charge in [-0.25, -0.2) is 0 Å². The molecule has 1 aliphatic rings. The minimum absolute atomic E-state index is 0.105. The van der Waals surface area contributed by atoms with Crippen LogP contribution >= 0.6 is 0 Å². The van der Waals surface area contributed by atoms with Crippen molar-refractivity contribution < 1.29 is 4.74 Å². The van der Waals surface area contributed by atoms with Crippen LogP contribution in [0.25, 0.3) is 0 Å². The molecule has 1 aromatic rings. The van der Waals surface area contributed by atoms with E-state index in [1.807, 2.05) is 19.1 Å². The predicted octanol–water partition coefficient (Wildman–Crippen LogP) is 4.16. The molecule has 19 heavy (non-hydrogen) atoms. The molecule has 106 valence electrons. The molecule has 2 rings (SSSR count). The Balaban J connectivity index is 2.16. The maximum absolute atomic E-state index is 6.55. The van der Waals surface area contributed by atoms with E-state index in [1.165, 1.54) is 24.8 Å². The van der Waals surface area contributed by atoms with Crippen molar-refractivity contribution in [2.75, 3.05) is 6.61 Å². The second-order valence-electron chi connectivity index (χ2n) is 6.17. The minimum atomic E-state index is 0.105. The van der Waals surface area contributed by atoms with Crippen LogP contribution in [-0.4, -0.2) is 6.61 Å². The fourth-order valence-electron chi connectivity index (χ4n) is 3.60. The topological polar surface area (TPSA) is 35.2 Å². The molecule has 0 amide bonds. The van der Waals surface area contributed by atoms with Gasteiger partial charge in [0.2, 0.25) is 0 Å². The SMILES string of the molecule is CCOc1ccccc1C(N)C1CC(C)CC(C)C1. The molecule has 2 nitrogen and oxygen atoms in total. The van der Waals surface area contributed by atoms with E-state index in [9.17, 15) is 0 Å². The quantitative estimate of drug-likeness (QED) is 0.883. The van der Waals surface area contributed by atoms with E-state index < -0.39 is 0 Å². The molecule has 1 saturated carbocycles. The molecular formula is C17H27NO. The lowest BCUT2D eigenvalue weighted by Gasteiger charge is -2.35. The summed E-state index contributed by atoms with van der Waals surface area (Å²) in [6.45, 7) is 7.42. The predicted molar refractivity (Wildman–Crippen MR) is 80.2 cm³/mol. The van der Waals surface area contributed by atoms with Crippen LogP contribution in [0.3, 0.4) is 0 Å². The Morgan fingerprint density at radius 2 is 1.79 bits per heavy atom. The Kier molecular flexibility index (Phi) is 4.87. The fourth-order valence-corrected chi connectivity index (χ4v) is 3.60. The summed E-state index contributed by atoms with van der Waals surface area (Å²) in [5.41, 5.74) is 7.72. The van der Waals surface area contributed by atoms with Crippen molar-refractivity contribution in [3.05, 3.63) is 29.8 Å². The zero-order valence-electron chi connectivity index (χ0n) is 12.4. The van der Waals surface area contributed by atoms with Crippen LogP contribution < -0.4 is 10.5 Å².